The van der Waals surface area contributed by atoms with Gasteiger partial charge in [0, 0.05) is 85.1 Å². The maximum absolute atomic E-state index is 14.3. The standard InChI is InChI=1S/C60H64N6O6/c1-33-5-13-37(14-6-33)43-25-51(43)61-55(67)47-29-65(30-48(47)56(68)62-52-26-44(52)38-15-7-34(2)8-16-38)59(71)41-21-23-42(24-22-41)60(72)66-31-49(57(69)63-53-27-45(53)39-17-9-35(3)10-18-39)50(32-66)58(70)64-54-28-46(54)40-19-11-36(4)12-20-40/h5-24,43-54H,25-32H2,1-4H3,(H,61,67)(H,62,68)(H,63,69)(H,64,70)/t43-,44-,45-,46+,47-,48-,49-,50-,51+,52+,53+,54-/m1/s1. The lowest BCUT2D eigenvalue weighted by Gasteiger charge is -2.18. The number of likely N-dealkylation sites (tertiary alicyclic amines) is 2. The van der Waals surface area contributed by atoms with Crippen LogP contribution >= 0.6 is 0 Å². The molecule has 5 aromatic carbocycles. The average molecular weight is 965 g/mol. The Bertz CT molecular complexity index is 2540. The van der Waals surface area contributed by atoms with Crippen LogP contribution in [0.25, 0.3) is 0 Å². The lowest BCUT2D eigenvalue weighted by Crippen LogP contribution is -2.43. The molecule has 5 aromatic rings. The zero-order valence-electron chi connectivity index (χ0n) is 41.5. The molecule has 72 heavy (non-hydrogen) atoms. The van der Waals surface area contributed by atoms with Gasteiger partial charge in [0.1, 0.15) is 0 Å². The molecule has 12 nitrogen and oxygen atoms in total. The van der Waals surface area contributed by atoms with Crippen molar-refractivity contribution in [3.05, 3.63) is 177 Å². The van der Waals surface area contributed by atoms with Crippen LogP contribution in [0.4, 0.5) is 0 Å². The van der Waals surface area contributed by atoms with E-state index in [9.17, 15) is 28.8 Å². The Morgan fingerprint density at radius 1 is 0.333 bits per heavy atom. The number of hydrogen-bond donors (Lipinski definition) is 4. The molecule has 0 unspecified atom stereocenters. The van der Waals surface area contributed by atoms with Crippen LogP contribution in [0.5, 0.6) is 0 Å². The van der Waals surface area contributed by atoms with E-state index >= 15 is 0 Å². The first kappa shape index (κ1) is 47.3. The van der Waals surface area contributed by atoms with Crippen LogP contribution in [0.15, 0.2) is 121 Å². The van der Waals surface area contributed by atoms with Gasteiger partial charge >= 0.3 is 0 Å². The van der Waals surface area contributed by atoms with Gasteiger partial charge in [0.15, 0.2) is 0 Å². The smallest absolute Gasteiger partial charge is 0.253 e. The number of rotatable bonds is 14. The second kappa shape index (κ2) is 19.2. The van der Waals surface area contributed by atoms with Crippen LogP contribution in [0, 0.1) is 51.4 Å². The molecular formula is C60H64N6O6. The van der Waals surface area contributed by atoms with Crippen molar-refractivity contribution in [3.63, 3.8) is 0 Å². The summed E-state index contributed by atoms with van der Waals surface area (Å²) in [5, 5.41) is 12.9. The number of aryl methyl sites for hydroxylation is 4. The largest absolute Gasteiger partial charge is 0.352 e. The molecule has 2 heterocycles. The minimum atomic E-state index is -0.738. The first-order valence-corrected chi connectivity index (χ1v) is 25.9. The van der Waals surface area contributed by atoms with E-state index in [1.807, 2.05) is 27.7 Å². The summed E-state index contributed by atoms with van der Waals surface area (Å²) in [6.45, 7) is 8.51. The zero-order valence-corrected chi connectivity index (χ0v) is 41.5. The molecule has 4 saturated carbocycles. The number of nitrogens with zero attached hydrogens (tertiary/aromatic N) is 2. The van der Waals surface area contributed by atoms with Crippen molar-refractivity contribution in [2.45, 2.75) is 101 Å². The van der Waals surface area contributed by atoms with Crippen molar-refractivity contribution in [2.75, 3.05) is 26.2 Å². The Balaban J connectivity index is 0.757. The number of benzene rings is 5. The van der Waals surface area contributed by atoms with Crippen molar-refractivity contribution >= 4 is 35.4 Å². The van der Waals surface area contributed by atoms with E-state index in [1.54, 1.807) is 34.1 Å². The van der Waals surface area contributed by atoms with E-state index < -0.39 is 23.7 Å². The zero-order chi connectivity index (χ0) is 49.9. The first-order valence-electron chi connectivity index (χ1n) is 25.9. The molecule has 6 aliphatic rings. The maximum Gasteiger partial charge on any atom is 0.253 e. The Morgan fingerprint density at radius 2 is 0.542 bits per heavy atom. The fourth-order valence-electron chi connectivity index (χ4n) is 11.4. The third-order valence-electron chi connectivity index (χ3n) is 16.4. The number of nitrogens with one attached hydrogen (secondary N) is 4. The predicted octanol–water partition coefficient (Wildman–Crippen LogP) is 6.99. The summed E-state index contributed by atoms with van der Waals surface area (Å²) in [4.78, 5) is 88.1. The number of carbonyl (C=O) groups excluding carboxylic acids is 6. The van der Waals surface area contributed by atoms with Gasteiger partial charge in [-0.2, -0.15) is 0 Å². The molecule has 6 fully saturated rings. The highest BCUT2D eigenvalue weighted by Crippen LogP contribution is 2.45. The van der Waals surface area contributed by atoms with Gasteiger partial charge in [-0.1, -0.05) is 119 Å². The SMILES string of the molecule is Cc1ccc([C@H]2C[C@@H]2NC(=O)[C@@H]2CN(C(=O)c3ccc(C(=O)N4C[C@@H](C(=O)N[C@H]5C[C@@H]5c5ccc(C)cc5)[C@H](C(=O)N[C@@H]5C[C@H]5c5ccc(C)cc5)C4)cc3)C[C@H]2C(=O)N[C@H]2C[C@@H]2c2ccc(C)cc2)cc1. The van der Waals surface area contributed by atoms with E-state index in [0.29, 0.717) is 11.1 Å². The normalized spacial score (nSPS) is 28.7. The third kappa shape index (κ3) is 10.1. The Labute approximate surface area is 421 Å². The van der Waals surface area contributed by atoms with Crippen LogP contribution in [0.3, 0.4) is 0 Å². The molecule has 0 radical (unpaired) electrons. The molecule has 6 amide bonds. The van der Waals surface area contributed by atoms with Gasteiger partial charge in [0.2, 0.25) is 23.6 Å². The summed E-state index contributed by atoms with van der Waals surface area (Å²) in [5.41, 5.74) is 10.0. The predicted molar refractivity (Wildman–Crippen MR) is 274 cm³/mol. The lowest BCUT2D eigenvalue weighted by molar-refractivity contribution is -0.133. The van der Waals surface area contributed by atoms with Crippen LogP contribution in [-0.4, -0.2) is 95.6 Å². The lowest BCUT2D eigenvalue weighted by atomic mass is 9.94. The molecule has 370 valence electrons. The minimum Gasteiger partial charge on any atom is -0.352 e. The first-order chi connectivity index (χ1) is 34.7. The quantitative estimate of drug-likeness (QED) is 0.0941. The Kier molecular flexibility index (Phi) is 12.6. The summed E-state index contributed by atoms with van der Waals surface area (Å²) < 4.78 is 0. The molecule has 0 aromatic heterocycles. The molecule has 0 bridgehead atoms. The molecule has 0 spiro atoms. The van der Waals surface area contributed by atoms with Crippen LogP contribution < -0.4 is 21.3 Å². The topological polar surface area (TPSA) is 157 Å². The van der Waals surface area contributed by atoms with Gasteiger partial charge in [0.25, 0.3) is 11.8 Å². The molecule has 4 aliphatic carbocycles. The van der Waals surface area contributed by atoms with Gasteiger partial charge in [0.05, 0.1) is 23.7 Å². The molecular weight excluding hydrogens is 901 g/mol. The molecule has 11 rings (SSSR count). The molecule has 4 N–H and O–H groups in total. The van der Waals surface area contributed by atoms with E-state index in [0.717, 1.165) is 25.7 Å². The second-order valence-electron chi connectivity index (χ2n) is 21.9. The van der Waals surface area contributed by atoms with Crippen LogP contribution in [0.2, 0.25) is 0 Å². The Morgan fingerprint density at radius 3 is 0.750 bits per heavy atom. The summed E-state index contributed by atoms with van der Waals surface area (Å²) in [6.07, 6.45) is 3.26. The monoisotopic (exact) mass is 964 g/mol. The van der Waals surface area contributed by atoms with Crippen molar-refractivity contribution in [3.8, 4) is 0 Å². The Hall–Kier alpha value is -7.08. The molecule has 2 saturated heterocycles. The van der Waals surface area contributed by atoms with E-state index in [-0.39, 0.29) is 109 Å². The van der Waals surface area contributed by atoms with Crippen LogP contribution in [-0.2, 0) is 19.2 Å². The van der Waals surface area contributed by atoms with Crippen molar-refractivity contribution in [1.29, 1.82) is 0 Å². The summed E-state index contributed by atoms with van der Waals surface area (Å²) >= 11 is 0. The third-order valence-corrected chi connectivity index (χ3v) is 16.4. The minimum absolute atomic E-state index is 0.0396. The highest BCUT2D eigenvalue weighted by molar-refractivity contribution is 6.00. The number of carbonyl (C=O) groups is 6. The molecule has 2 aliphatic heterocycles. The van der Waals surface area contributed by atoms with Crippen LogP contribution in [0.1, 0.15) is 115 Å². The second-order valence-corrected chi connectivity index (χ2v) is 21.9. The van der Waals surface area contributed by atoms with E-state index in [2.05, 4.69) is 118 Å². The van der Waals surface area contributed by atoms with Crippen molar-refractivity contribution < 1.29 is 28.8 Å². The summed E-state index contributed by atoms with van der Waals surface area (Å²) in [6, 6.07) is 39.6. The highest BCUT2D eigenvalue weighted by atomic mass is 16.2. The fraction of sp³-hybridized carbons (Fsp3) is 0.400. The molecule has 12 atom stereocenters. The van der Waals surface area contributed by atoms with Gasteiger partial charge in [-0.15, -0.1) is 0 Å². The van der Waals surface area contributed by atoms with E-state index in [1.165, 1.54) is 44.5 Å². The highest BCUT2D eigenvalue weighted by Gasteiger charge is 2.51. The fourth-order valence-corrected chi connectivity index (χ4v) is 11.4. The van der Waals surface area contributed by atoms with Crippen molar-refractivity contribution in [1.82, 2.24) is 31.1 Å². The number of amides is 6. The van der Waals surface area contributed by atoms with Gasteiger partial charge in [-0.3, -0.25) is 28.8 Å². The summed E-state index contributed by atoms with van der Waals surface area (Å²) in [7, 11) is 0. The molecule has 12 heteroatoms. The van der Waals surface area contributed by atoms with E-state index in [4.69, 9.17) is 0 Å². The maximum atomic E-state index is 14.3. The summed E-state index contributed by atoms with van der Waals surface area (Å²) in [5.74, 6) is -3.72. The number of hydrogen-bond acceptors (Lipinski definition) is 6. The van der Waals surface area contributed by atoms with Crippen molar-refractivity contribution in [2.24, 2.45) is 23.7 Å². The van der Waals surface area contributed by atoms with Gasteiger partial charge in [-0.25, -0.2) is 0 Å². The van der Waals surface area contributed by atoms with Gasteiger partial charge in [-0.05, 0) is 99.9 Å². The average Bonchev–Trinajstić information content (AvgIpc) is 4.32. The van der Waals surface area contributed by atoms with Gasteiger partial charge < -0.3 is 31.1 Å².